The first-order chi connectivity index (χ1) is 16.0. The lowest BCUT2D eigenvalue weighted by molar-refractivity contribution is -0.111. The highest BCUT2D eigenvalue weighted by atomic mass is 35.5. The third-order valence-electron chi connectivity index (χ3n) is 6.30. The predicted molar refractivity (Wildman–Crippen MR) is 141 cm³/mol. The molecule has 8 heteroatoms. The molecule has 0 saturated heterocycles. The fourth-order valence-corrected chi connectivity index (χ4v) is 4.77. The van der Waals surface area contributed by atoms with Crippen LogP contribution in [0.2, 0.25) is 0 Å². The summed E-state index contributed by atoms with van der Waals surface area (Å²) in [5.41, 5.74) is 14.4. The lowest BCUT2D eigenvalue weighted by Gasteiger charge is -2.28. The zero-order chi connectivity index (χ0) is 23.1. The summed E-state index contributed by atoms with van der Waals surface area (Å²) in [6.45, 7) is 4.60. The Morgan fingerprint density at radius 2 is 1.97 bits per heavy atom. The van der Waals surface area contributed by atoms with Gasteiger partial charge in [-0.15, -0.1) is 12.4 Å². The molecule has 0 unspecified atom stereocenters. The van der Waals surface area contributed by atoms with E-state index >= 15 is 0 Å². The van der Waals surface area contributed by atoms with E-state index in [2.05, 4.69) is 52.0 Å². The minimum Gasteiger partial charge on any atom is -0.383 e. The Morgan fingerprint density at radius 3 is 2.76 bits per heavy atom. The van der Waals surface area contributed by atoms with E-state index < -0.39 is 0 Å². The second kappa shape index (κ2) is 9.19. The first-order valence-electron chi connectivity index (χ1n) is 10.9. The zero-order valence-corrected chi connectivity index (χ0v) is 20.0. The molecule has 2 aromatic carbocycles. The average Bonchev–Trinajstić information content (AvgIpc) is 3.13. The van der Waals surface area contributed by atoms with Crippen LogP contribution in [-0.2, 0) is 18.3 Å². The summed E-state index contributed by atoms with van der Waals surface area (Å²) in [4.78, 5) is 23.0. The van der Waals surface area contributed by atoms with Crippen molar-refractivity contribution in [1.82, 2.24) is 14.5 Å². The van der Waals surface area contributed by atoms with E-state index in [1.807, 2.05) is 35.9 Å². The number of amides is 1. The van der Waals surface area contributed by atoms with Crippen LogP contribution in [0.25, 0.3) is 33.4 Å². The maximum Gasteiger partial charge on any atom is 0.247 e. The number of aromatic nitrogens is 3. The quantitative estimate of drug-likeness (QED) is 0.414. The van der Waals surface area contributed by atoms with Gasteiger partial charge in [-0.2, -0.15) is 0 Å². The van der Waals surface area contributed by atoms with Crippen LogP contribution >= 0.6 is 12.4 Å². The van der Waals surface area contributed by atoms with E-state index in [1.165, 1.54) is 23.7 Å². The van der Waals surface area contributed by atoms with Crippen molar-refractivity contribution in [1.29, 1.82) is 0 Å². The van der Waals surface area contributed by atoms with Crippen LogP contribution in [-0.4, -0.2) is 34.0 Å². The summed E-state index contributed by atoms with van der Waals surface area (Å²) in [5.74, 6) is 0.195. The summed E-state index contributed by atoms with van der Waals surface area (Å²) in [6.07, 6.45) is 4.93. The standard InChI is InChI=1S/C26H26N6O.ClH/c1-4-21(33)30-19-9-5-7-18(14-19)24-22(23-25(27)28-15-29-26(23)32(24)3)17-10-11-20-16(13-17)8-6-12-31(20)2;/h4-5,7,9-11,13-15H,1,6,8,12H2,2-3H3,(H,30,33)(H2,27,28,29);1H. The van der Waals surface area contributed by atoms with Crippen molar-refractivity contribution >= 4 is 46.5 Å². The smallest absolute Gasteiger partial charge is 0.247 e. The Labute approximate surface area is 204 Å². The van der Waals surface area contributed by atoms with Gasteiger partial charge in [-0.05, 0) is 54.3 Å². The van der Waals surface area contributed by atoms with Gasteiger partial charge in [0.1, 0.15) is 17.8 Å². The van der Waals surface area contributed by atoms with Crippen LogP contribution in [0.1, 0.15) is 12.0 Å². The molecule has 1 aliphatic rings. The Kier molecular flexibility index (Phi) is 6.30. The molecular formula is C26H27ClN6O. The lowest BCUT2D eigenvalue weighted by atomic mass is 9.93. The number of nitrogens with zero attached hydrogens (tertiary/aromatic N) is 4. The number of rotatable bonds is 4. The molecule has 5 rings (SSSR count). The fourth-order valence-electron chi connectivity index (χ4n) is 4.77. The number of carbonyl (C=O) groups excluding carboxylic acids is 1. The molecule has 2 aromatic heterocycles. The van der Waals surface area contributed by atoms with Crippen LogP contribution in [0.5, 0.6) is 0 Å². The Balaban J connectivity index is 0.00000274. The number of fused-ring (bicyclic) bond motifs is 2. The van der Waals surface area contributed by atoms with Crippen molar-refractivity contribution in [3.05, 3.63) is 67.0 Å². The number of nitrogen functional groups attached to an aromatic ring is 1. The summed E-state index contributed by atoms with van der Waals surface area (Å²) in [7, 11) is 4.12. The summed E-state index contributed by atoms with van der Waals surface area (Å²) >= 11 is 0. The fraction of sp³-hybridized carbons (Fsp3) is 0.192. The van der Waals surface area contributed by atoms with Crippen LogP contribution in [0.3, 0.4) is 0 Å². The zero-order valence-electron chi connectivity index (χ0n) is 19.2. The van der Waals surface area contributed by atoms with Gasteiger partial charge in [0.2, 0.25) is 5.91 Å². The largest absolute Gasteiger partial charge is 0.383 e. The second-order valence-corrected chi connectivity index (χ2v) is 8.38. The summed E-state index contributed by atoms with van der Waals surface area (Å²) in [5, 5.41) is 3.68. The third-order valence-corrected chi connectivity index (χ3v) is 6.30. The van der Waals surface area contributed by atoms with Crippen LogP contribution in [0.15, 0.2) is 61.4 Å². The van der Waals surface area contributed by atoms with Gasteiger partial charge in [0.25, 0.3) is 0 Å². The van der Waals surface area contributed by atoms with E-state index in [1.54, 1.807) is 0 Å². The van der Waals surface area contributed by atoms with Gasteiger partial charge in [-0.3, -0.25) is 4.79 Å². The third kappa shape index (κ3) is 3.88. The number of halogens is 1. The monoisotopic (exact) mass is 474 g/mol. The van der Waals surface area contributed by atoms with Gasteiger partial charge in [-0.25, -0.2) is 9.97 Å². The molecular weight excluding hydrogens is 448 g/mol. The first-order valence-corrected chi connectivity index (χ1v) is 10.9. The lowest BCUT2D eigenvalue weighted by Crippen LogP contribution is -2.24. The summed E-state index contributed by atoms with van der Waals surface area (Å²) in [6, 6.07) is 14.4. The Hall–Kier alpha value is -3.84. The highest BCUT2D eigenvalue weighted by Gasteiger charge is 2.23. The molecule has 4 aromatic rings. The van der Waals surface area contributed by atoms with E-state index in [9.17, 15) is 4.79 Å². The van der Waals surface area contributed by atoms with E-state index in [0.717, 1.165) is 52.8 Å². The molecule has 0 atom stereocenters. The van der Waals surface area contributed by atoms with E-state index in [-0.39, 0.29) is 18.3 Å². The van der Waals surface area contributed by atoms with Crippen LogP contribution < -0.4 is 16.0 Å². The molecule has 0 saturated carbocycles. The van der Waals surface area contributed by atoms with Crippen LogP contribution in [0.4, 0.5) is 17.2 Å². The molecule has 0 spiro atoms. The van der Waals surface area contributed by atoms with E-state index in [0.29, 0.717) is 11.5 Å². The number of aryl methyl sites for hydroxylation is 2. The number of nitrogens with one attached hydrogen (secondary N) is 1. The molecule has 0 radical (unpaired) electrons. The Morgan fingerprint density at radius 1 is 1.15 bits per heavy atom. The van der Waals surface area contributed by atoms with Gasteiger partial charge in [0.05, 0.1) is 11.1 Å². The molecule has 3 N–H and O–H groups in total. The highest BCUT2D eigenvalue weighted by Crippen LogP contribution is 2.43. The van der Waals surface area contributed by atoms with Crippen molar-refractivity contribution in [2.24, 2.45) is 7.05 Å². The molecule has 1 amide bonds. The molecule has 0 aliphatic carbocycles. The molecule has 3 heterocycles. The maximum absolute atomic E-state index is 11.9. The second-order valence-electron chi connectivity index (χ2n) is 8.38. The van der Waals surface area contributed by atoms with Crippen LogP contribution in [0, 0.1) is 0 Å². The molecule has 34 heavy (non-hydrogen) atoms. The normalized spacial score (nSPS) is 12.7. The minimum atomic E-state index is -0.252. The van der Waals surface area contributed by atoms with Crippen molar-refractivity contribution in [3.63, 3.8) is 0 Å². The average molecular weight is 475 g/mol. The van der Waals surface area contributed by atoms with Crippen molar-refractivity contribution < 1.29 is 4.79 Å². The predicted octanol–water partition coefficient (Wildman–Crippen LogP) is 4.81. The van der Waals surface area contributed by atoms with Gasteiger partial charge in [-0.1, -0.05) is 24.8 Å². The number of hydrogen-bond acceptors (Lipinski definition) is 5. The van der Waals surface area contributed by atoms with Gasteiger partial charge < -0.3 is 20.5 Å². The van der Waals surface area contributed by atoms with Crippen molar-refractivity contribution in [3.8, 4) is 22.4 Å². The number of carbonyl (C=O) groups is 1. The molecule has 0 fully saturated rings. The summed E-state index contributed by atoms with van der Waals surface area (Å²) < 4.78 is 2.04. The first kappa shape index (κ1) is 23.3. The van der Waals surface area contributed by atoms with Gasteiger partial charge in [0.15, 0.2) is 0 Å². The SMILES string of the molecule is C=CC(=O)Nc1cccc(-c2c(-c3ccc4c(c3)CCCN4C)c3c(N)ncnc3n2C)c1.Cl. The van der Waals surface area contributed by atoms with E-state index in [4.69, 9.17) is 5.73 Å². The maximum atomic E-state index is 11.9. The molecule has 174 valence electrons. The minimum absolute atomic E-state index is 0. The molecule has 1 aliphatic heterocycles. The Bertz CT molecular complexity index is 1410. The van der Waals surface area contributed by atoms with Gasteiger partial charge >= 0.3 is 0 Å². The number of hydrogen-bond donors (Lipinski definition) is 2. The number of nitrogens with two attached hydrogens (primary N) is 1. The number of benzene rings is 2. The molecule has 7 nitrogen and oxygen atoms in total. The topological polar surface area (TPSA) is 89.1 Å². The highest BCUT2D eigenvalue weighted by molar-refractivity contribution is 6.08. The van der Waals surface area contributed by atoms with Crippen molar-refractivity contribution in [2.45, 2.75) is 12.8 Å². The van der Waals surface area contributed by atoms with Crippen molar-refractivity contribution in [2.75, 3.05) is 29.5 Å². The number of anilines is 3. The molecule has 0 bridgehead atoms. The van der Waals surface area contributed by atoms with Gasteiger partial charge in [0, 0.05) is 43.1 Å².